The maximum Gasteiger partial charge on any atom is 0.321 e. The second-order valence-electron chi connectivity index (χ2n) is 5.48. The van der Waals surface area contributed by atoms with Gasteiger partial charge < -0.3 is 21.3 Å². The van der Waals surface area contributed by atoms with Gasteiger partial charge >= 0.3 is 6.03 Å². The molecular formula is C16H21N5O2. The Morgan fingerprint density at radius 1 is 1.35 bits per heavy atom. The first kappa shape index (κ1) is 16.8. The Morgan fingerprint density at radius 2 is 2.09 bits per heavy atom. The zero-order chi connectivity index (χ0) is 16.7. The van der Waals surface area contributed by atoms with Gasteiger partial charge in [-0.2, -0.15) is 5.26 Å². The van der Waals surface area contributed by atoms with Crippen LogP contribution in [0.2, 0.25) is 0 Å². The first-order valence-electron chi connectivity index (χ1n) is 7.68. The Labute approximate surface area is 135 Å². The van der Waals surface area contributed by atoms with Crippen LogP contribution in [0, 0.1) is 17.2 Å². The summed E-state index contributed by atoms with van der Waals surface area (Å²) in [5.41, 5.74) is 6.55. The maximum atomic E-state index is 12.3. The number of hydrogen-bond acceptors (Lipinski definition) is 4. The van der Waals surface area contributed by atoms with Gasteiger partial charge in [0, 0.05) is 31.9 Å². The van der Waals surface area contributed by atoms with Crippen molar-refractivity contribution in [1.82, 2.24) is 10.2 Å². The number of anilines is 1. The van der Waals surface area contributed by atoms with Gasteiger partial charge in [0.25, 0.3) is 0 Å². The number of nitrogens with two attached hydrogens (primary N) is 1. The van der Waals surface area contributed by atoms with Crippen LogP contribution in [0.1, 0.15) is 18.4 Å². The molecule has 1 aromatic rings. The van der Waals surface area contributed by atoms with Crippen LogP contribution < -0.4 is 16.4 Å². The lowest BCUT2D eigenvalue weighted by Crippen LogP contribution is -2.47. The van der Waals surface area contributed by atoms with Crippen LogP contribution in [0.25, 0.3) is 0 Å². The number of nitrogens with one attached hydrogen (secondary N) is 2. The molecule has 7 nitrogen and oxygen atoms in total. The van der Waals surface area contributed by atoms with Crippen LogP contribution in [0.4, 0.5) is 10.5 Å². The summed E-state index contributed by atoms with van der Waals surface area (Å²) in [5, 5.41) is 14.3. The van der Waals surface area contributed by atoms with E-state index in [0.717, 1.165) is 12.8 Å². The highest BCUT2D eigenvalue weighted by atomic mass is 16.2. The summed E-state index contributed by atoms with van der Waals surface area (Å²) in [6.07, 6.45) is 1.57. The zero-order valence-electron chi connectivity index (χ0n) is 12.9. The lowest BCUT2D eigenvalue weighted by Gasteiger charge is -2.32. The second kappa shape index (κ2) is 8.15. The molecule has 0 aromatic heterocycles. The predicted octanol–water partition coefficient (Wildman–Crippen LogP) is 0.877. The summed E-state index contributed by atoms with van der Waals surface area (Å²) in [7, 11) is 0. The molecule has 23 heavy (non-hydrogen) atoms. The average Bonchev–Trinajstić information content (AvgIpc) is 2.60. The van der Waals surface area contributed by atoms with Crippen molar-refractivity contribution in [2.75, 3.05) is 31.5 Å². The van der Waals surface area contributed by atoms with Crippen LogP contribution in [0.15, 0.2) is 24.3 Å². The molecule has 1 saturated heterocycles. The summed E-state index contributed by atoms with van der Waals surface area (Å²) < 4.78 is 0. The van der Waals surface area contributed by atoms with Crippen LogP contribution in [0.3, 0.4) is 0 Å². The number of rotatable bonds is 4. The molecule has 0 bridgehead atoms. The fourth-order valence-electron chi connectivity index (χ4n) is 2.55. The van der Waals surface area contributed by atoms with E-state index in [4.69, 9.17) is 11.0 Å². The Balaban J connectivity index is 1.90. The van der Waals surface area contributed by atoms with Crippen LogP contribution in [-0.4, -0.2) is 43.0 Å². The minimum atomic E-state index is -0.231. The van der Waals surface area contributed by atoms with E-state index >= 15 is 0 Å². The normalized spacial score (nSPS) is 17.2. The lowest BCUT2D eigenvalue weighted by atomic mass is 9.97. The molecule has 1 aromatic carbocycles. The van der Waals surface area contributed by atoms with Crippen LogP contribution in [-0.2, 0) is 4.79 Å². The molecule has 0 saturated carbocycles. The molecule has 1 heterocycles. The molecule has 0 radical (unpaired) electrons. The molecule has 7 heteroatoms. The van der Waals surface area contributed by atoms with Crippen molar-refractivity contribution in [2.24, 2.45) is 11.7 Å². The minimum Gasteiger partial charge on any atom is -0.355 e. The largest absolute Gasteiger partial charge is 0.355 e. The van der Waals surface area contributed by atoms with E-state index in [1.54, 1.807) is 29.2 Å². The minimum absolute atomic E-state index is 0.0497. The molecule has 1 fully saturated rings. The van der Waals surface area contributed by atoms with Crippen molar-refractivity contribution in [1.29, 1.82) is 5.26 Å². The molecule has 122 valence electrons. The number of amides is 3. The van der Waals surface area contributed by atoms with E-state index in [9.17, 15) is 9.59 Å². The molecule has 1 aliphatic rings. The van der Waals surface area contributed by atoms with Crippen molar-refractivity contribution in [3.63, 3.8) is 0 Å². The number of nitriles is 1. The van der Waals surface area contributed by atoms with Crippen molar-refractivity contribution in [2.45, 2.75) is 12.8 Å². The lowest BCUT2D eigenvalue weighted by molar-refractivity contribution is -0.126. The first-order chi connectivity index (χ1) is 11.1. The van der Waals surface area contributed by atoms with Gasteiger partial charge in [-0.25, -0.2) is 4.79 Å². The molecule has 1 aliphatic heterocycles. The predicted molar refractivity (Wildman–Crippen MR) is 86.5 cm³/mol. The Bertz CT molecular complexity index is 593. The van der Waals surface area contributed by atoms with Crippen molar-refractivity contribution in [3.05, 3.63) is 29.8 Å². The summed E-state index contributed by atoms with van der Waals surface area (Å²) in [6.45, 7) is 1.88. The van der Waals surface area contributed by atoms with Gasteiger partial charge in [0.2, 0.25) is 5.91 Å². The highest BCUT2D eigenvalue weighted by Crippen LogP contribution is 2.18. The monoisotopic (exact) mass is 315 g/mol. The number of benzene rings is 1. The Kier molecular flexibility index (Phi) is 5.94. The topological polar surface area (TPSA) is 111 Å². The third kappa shape index (κ3) is 4.69. The smallest absolute Gasteiger partial charge is 0.321 e. The van der Waals surface area contributed by atoms with E-state index < -0.39 is 0 Å². The van der Waals surface area contributed by atoms with Gasteiger partial charge in [-0.15, -0.1) is 0 Å². The third-order valence-corrected chi connectivity index (χ3v) is 3.79. The van der Waals surface area contributed by atoms with Crippen LogP contribution >= 0.6 is 0 Å². The summed E-state index contributed by atoms with van der Waals surface area (Å²) >= 11 is 0. The standard InChI is InChI=1S/C16H21N5O2/c17-7-8-19-15(22)13-2-1-9-21(11-13)16(23)20-14-5-3-12(10-18)4-6-14/h3-6,13H,1-2,7-9,11,17H2,(H,19,22)(H,20,23). The number of piperidine rings is 1. The molecule has 3 amide bonds. The summed E-state index contributed by atoms with van der Waals surface area (Å²) in [5.74, 6) is -0.242. The fraction of sp³-hybridized carbons (Fsp3) is 0.438. The highest BCUT2D eigenvalue weighted by molar-refractivity contribution is 5.90. The molecule has 4 N–H and O–H groups in total. The number of hydrogen-bond donors (Lipinski definition) is 3. The first-order valence-corrected chi connectivity index (χ1v) is 7.68. The van der Waals surface area contributed by atoms with Crippen molar-refractivity contribution < 1.29 is 9.59 Å². The van der Waals surface area contributed by atoms with Gasteiger partial charge in [0.1, 0.15) is 0 Å². The number of likely N-dealkylation sites (tertiary alicyclic amines) is 1. The number of carbonyl (C=O) groups excluding carboxylic acids is 2. The number of nitrogens with zero attached hydrogens (tertiary/aromatic N) is 2. The molecule has 0 aliphatic carbocycles. The molecule has 2 rings (SSSR count). The second-order valence-corrected chi connectivity index (χ2v) is 5.48. The van der Waals surface area contributed by atoms with E-state index in [1.165, 1.54) is 0 Å². The van der Waals surface area contributed by atoms with Crippen molar-refractivity contribution >= 4 is 17.6 Å². The molecular weight excluding hydrogens is 294 g/mol. The van der Waals surface area contributed by atoms with E-state index in [0.29, 0.717) is 37.4 Å². The fourth-order valence-corrected chi connectivity index (χ4v) is 2.55. The summed E-state index contributed by atoms with van der Waals surface area (Å²) in [6, 6.07) is 8.47. The Morgan fingerprint density at radius 3 is 2.74 bits per heavy atom. The highest BCUT2D eigenvalue weighted by Gasteiger charge is 2.28. The average molecular weight is 315 g/mol. The maximum absolute atomic E-state index is 12.3. The number of carbonyl (C=O) groups is 2. The van der Waals surface area contributed by atoms with Gasteiger partial charge in [-0.05, 0) is 37.1 Å². The van der Waals surface area contributed by atoms with Gasteiger partial charge in [0.15, 0.2) is 0 Å². The van der Waals surface area contributed by atoms with Crippen LogP contribution in [0.5, 0.6) is 0 Å². The van der Waals surface area contributed by atoms with E-state index in [1.807, 2.05) is 6.07 Å². The van der Waals surface area contributed by atoms with Gasteiger partial charge in [-0.1, -0.05) is 0 Å². The third-order valence-electron chi connectivity index (χ3n) is 3.79. The van der Waals surface area contributed by atoms with Gasteiger partial charge in [-0.3, -0.25) is 4.79 Å². The zero-order valence-corrected chi connectivity index (χ0v) is 12.9. The van der Waals surface area contributed by atoms with Crippen molar-refractivity contribution in [3.8, 4) is 6.07 Å². The number of urea groups is 1. The van der Waals surface area contributed by atoms with E-state index in [-0.39, 0.29) is 17.9 Å². The summed E-state index contributed by atoms with van der Waals surface area (Å²) in [4.78, 5) is 25.9. The van der Waals surface area contributed by atoms with E-state index in [2.05, 4.69) is 10.6 Å². The quantitative estimate of drug-likeness (QED) is 0.765. The Hall–Kier alpha value is -2.59. The SMILES string of the molecule is N#Cc1ccc(NC(=O)N2CCCC(C(=O)NCCN)C2)cc1. The molecule has 1 unspecified atom stereocenters. The molecule has 0 spiro atoms. The molecule has 1 atom stereocenters. The van der Waals surface area contributed by atoms with Gasteiger partial charge in [0.05, 0.1) is 17.6 Å².